The first-order valence-corrected chi connectivity index (χ1v) is 7.01. The van der Waals surface area contributed by atoms with Crippen molar-refractivity contribution in [2.75, 3.05) is 10.7 Å². The summed E-state index contributed by atoms with van der Waals surface area (Å²) in [5.74, 6) is 6.35. The van der Waals surface area contributed by atoms with Crippen LogP contribution in [0.4, 0.5) is 16.0 Å². The Labute approximate surface area is 127 Å². The van der Waals surface area contributed by atoms with E-state index in [1.807, 2.05) is 0 Å². The maximum atomic E-state index is 13.1. The van der Waals surface area contributed by atoms with E-state index < -0.39 is 5.82 Å². The van der Waals surface area contributed by atoms with Crippen LogP contribution in [0, 0.1) is 5.82 Å². The Morgan fingerprint density at radius 3 is 2.71 bits per heavy atom. The van der Waals surface area contributed by atoms with Gasteiger partial charge in [-0.05, 0) is 24.1 Å². The summed E-state index contributed by atoms with van der Waals surface area (Å²) in [5, 5.41) is 3.31. The second kappa shape index (κ2) is 7.19. The summed E-state index contributed by atoms with van der Waals surface area (Å²) in [4.78, 5) is 8.34. The van der Waals surface area contributed by atoms with Gasteiger partial charge >= 0.3 is 0 Å². The summed E-state index contributed by atoms with van der Waals surface area (Å²) in [6.07, 6.45) is 3.18. The van der Waals surface area contributed by atoms with Crippen LogP contribution in [0.15, 0.2) is 24.5 Å². The maximum Gasteiger partial charge on any atom is 0.148 e. The van der Waals surface area contributed by atoms with Crippen LogP contribution in [0.1, 0.15) is 24.5 Å². The van der Waals surface area contributed by atoms with E-state index in [4.69, 9.17) is 17.4 Å². The molecule has 0 aliphatic carbocycles. The molecule has 21 heavy (non-hydrogen) atoms. The standard InChI is InChI=1S/C14H17ClFN5/c1-2-3-10-13(19-8-20-14(10)21-17)18-7-9-4-5-12(16)11(15)6-9/h4-6,8H,2-3,7,17H2,1H3,(H2,18,19,20,21). The van der Waals surface area contributed by atoms with Crippen molar-refractivity contribution in [3.8, 4) is 0 Å². The molecule has 0 bridgehead atoms. The fraction of sp³-hybridized carbons (Fsp3) is 0.286. The zero-order chi connectivity index (χ0) is 15.2. The van der Waals surface area contributed by atoms with Gasteiger partial charge in [0, 0.05) is 12.1 Å². The lowest BCUT2D eigenvalue weighted by Crippen LogP contribution is -2.14. The fourth-order valence-corrected chi connectivity index (χ4v) is 2.21. The predicted octanol–water partition coefficient (Wildman–Crippen LogP) is 3.12. The molecule has 0 amide bonds. The third-order valence-electron chi connectivity index (χ3n) is 3.03. The van der Waals surface area contributed by atoms with Crippen LogP contribution < -0.4 is 16.6 Å². The molecule has 0 aliphatic heterocycles. The number of halogens is 2. The number of hydrazine groups is 1. The van der Waals surface area contributed by atoms with Crippen LogP contribution >= 0.6 is 11.6 Å². The molecule has 0 atom stereocenters. The summed E-state index contributed by atoms with van der Waals surface area (Å²) >= 11 is 5.77. The normalized spacial score (nSPS) is 10.5. The Bertz CT molecular complexity index is 620. The molecule has 112 valence electrons. The molecule has 1 aromatic carbocycles. The first-order chi connectivity index (χ1) is 10.2. The zero-order valence-corrected chi connectivity index (χ0v) is 12.4. The van der Waals surface area contributed by atoms with Crippen LogP contribution in [0.5, 0.6) is 0 Å². The van der Waals surface area contributed by atoms with Gasteiger partial charge in [-0.1, -0.05) is 31.0 Å². The molecule has 0 unspecified atom stereocenters. The second-order valence-corrected chi connectivity index (χ2v) is 4.95. The lowest BCUT2D eigenvalue weighted by molar-refractivity contribution is 0.627. The van der Waals surface area contributed by atoms with Gasteiger partial charge in [0.25, 0.3) is 0 Å². The molecule has 0 aliphatic rings. The molecule has 0 saturated carbocycles. The van der Waals surface area contributed by atoms with Gasteiger partial charge in [-0.3, -0.25) is 0 Å². The zero-order valence-electron chi connectivity index (χ0n) is 11.7. The summed E-state index contributed by atoms with van der Waals surface area (Å²) in [6, 6.07) is 4.61. The topological polar surface area (TPSA) is 75.9 Å². The van der Waals surface area contributed by atoms with Crippen molar-refractivity contribution in [3.05, 3.63) is 46.5 Å². The van der Waals surface area contributed by atoms with E-state index in [2.05, 4.69) is 27.6 Å². The molecule has 2 aromatic rings. The van der Waals surface area contributed by atoms with E-state index >= 15 is 0 Å². The minimum atomic E-state index is -0.427. The van der Waals surface area contributed by atoms with Gasteiger partial charge in [0.15, 0.2) is 0 Å². The van der Waals surface area contributed by atoms with E-state index in [1.165, 1.54) is 12.4 Å². The predicted molar refractivity (Wildman–Crippen MR) is 82.6 cm³/mol. The number of aromatic nitrogens is 2. The molecule has 1 aromatic heterocycles. The van der Waals surface area contributed by atoms with Crippen molar-refractivity contribution in [2.45, 2.75) is 26.3 Å². The largest absolute Gasteiger partial charge is 0.366 e. The summed E-state index contributed by atoms with van der Waals surface area (Å²) in [5.41, 5.74) is 4.37. The van der Waals surface area contributed by atoms with Gasteiger partial charge in [0.2, 0.25) is 0 Å². The Hall–Kier alpha value is -1.92. The molecule has 2 rings (SSSR count). The molecule has 0 saturated heterocycles. The first-order valence-electron chi connectivity index (χ1n) is 6.64. The van der Waals surface area contributed by atoms with Crippen LogP contribution in [0.3, 0.4) is 0 Å². The van der Waals surface area contributed by atoms with Crippen LogP contribution in [0.25, 0.3) is 0 Å². The van der Waals surface area contributed by atoms with Gasteiger partial charge in [-0.2, -0.15) is 0 Å². The average Bonchev–Trinajstić information content (AvgIpc) is 2.49. The lowest BCUT2D eigenvalue weighted by Gasteiger charge is -2.13. The number of hydrogen-bond acceptors (Lipinski definition) is 5. The third kappa shape index (κ3) is 3.80. The van der Waals surface area contributed by atoms with E-state index in [-0.39, 0.29) is 5.02 Å². The minimum Gasteiger partial charge on any atom is -0.366 e. The Balaban J connectivity index is 2.17. The molecule has 5 nitrogen and oxygen atoms in total. The molecular weight excluding hydrogens is 293 g/mol. The van der Waals surface area contributed by atoms with E-state index in [0.29, 0.717) is 18.2 Å². The highest BCUT2D eigenvalue weighted by Gasteiger charge is 2.10. The Morgan fingerprint density at radius 1 is 1.29 bits per heavy atom. The van der Waals surface area contributed by atoms with Gasteiger partial charge < -0.3 is 10.7 Å². The molecule has 0 radical (unpaired) electrons. The Kier molecular flexibility index (Phi) is 5.30. The molecule has 1 heterocycles. The van der Waals surface area contributed by atoms with Crippen molar-refractivity contribution in [3.63, 3.8) is 0 Å². The highest BCUT2D eigenvalue weighted by Crippen LogP contribution is 2.22. The summed E-state index contributed by atoms with van der Waals surface area (Å²) in [6.45, 7) is 2.55. The number of anilines is 2. The highest BCUT2D eigenvalue weighted by atomic mass is 35.5. The van der Waals surface area contributed by atoms with Crippen molar-refractivity contribution in [2.24, 2.45) is 5.84 Å². The lowest BCUT2D eigenvalue weighted by atomic mass is 10.1. The van der Waals surface area contributed by atoms with Crippen molar-refractivity contribution >= 4 is 23.2 Å². The van der Waals surface area contributed by atoms with Crippen LogP contribution in [-0.2, 0) is 13.0 Å². The number of nitrogen functional groups attached to an aromatic ring is 1. The van der Waals surface area contributed by atoms with Crippen molar-refractivity contribution < 1.29 is 4.39 Å². The number of nitrogens with two attached hydrogens (primary N) is 1. The minimum absolute atomic E-state index is 0.107. The van der Waals surface area contributed by atoms with Gasteiger partial charge in [0.05, 0.1) is 5.02 Å². The fourth-order valence-electron chi connectivity index (χ4n) is 2.01. The highest BCUT2D eigenvalue weighted by molar-refractivity contribution is 6.30. The van der Waals surface area contributed by atoms with E-state index in [9.17, 15) is 4.39 Å². The number of hydrogen-bond donors (Lipinski definition) is 3. The molecule has 7 heteroatoms. The van der Waals surface area contributed by atoms with Gasteiger partial charge in [-0.15, -0.1) is 0 Å². The third-order valence-corrected chi connectivity index (χ3v) is 3.32. The smallest absolute Gasteiger partial charge is 0.148 e. The van der Waals surface area contributed by atoms with Crippen LogP contribution in [0.2, 0.25) is 5.02 Å². The Morgan fingerprint density at radius 2 is 2.05 bits per heavy atom. The van der Waals surface area contributed by atoms with Crippen LogP contribution in [-0.4, -0.2) is 9.97 Å². The molecule has 4 N–H and O–H groups in total. The number of nitrogens with one attached hydrogen (secondary N) is 2. The molecule has 0 fully saturated rings. The number of rotatable bonds is 6. The number of benzene rings is 1. The SMILES string of the molecule is CCCc1c(NN)ncnc1NCc1ccc(F)c(Cl)c1. The summed E-state index contributed by atoms with van der Waals surface area (Å²) < 4.78 is 13.1. The maximum absolute atomic E-state index is 13.1. The molecular formula is C14H17ClFN5. The quantitative estimate of drug-likeness (QED) is 0.564. The van der Waals surface area contributed by atoms with Crippen molar-refractivity contribution in [1.82, 2.24) is 9.97 Å². The van der Waals surface area contributed by atoms with Crippen molar-refractivity contribution in [1.29, 1.82) is 0 Å². The second-order valence-electron chi connectivity index (χ2n) is 4.55. The van der Waals surface area contributed by atoms with Gasteiger partial charge in [0.1, 0.15) is 23.8 Å². The average molecular weight is 310 g/mol. The van der Waals surface area contributed by atoms with E-state index in [1.54, 1.807) is 12.1 Å². The van der Waals surface area contributed by atoms with Gasteiger partial charge in [-0.25, -0.2) is 20.2 Å². The summed E-state index contributed by atoms with van der Waals surface area (Å²) in [7, 11) is 0. The number of nitrogens with zero attached hydrogens (tertiary/aromatic N) is 2. The monoisotopic (exact) mass is 309 g/mol. The molecule has 0 spiro atoms. The first kappa shape index (κ1) is 15.5. The van der Waals surface area contributed by atoms with E-state index in [0.717, 1.165) is 24.0 Å².